The third-order valence-corrected chi connectivity index (χ3v) is 4.05. The van der Waals surface area contributed by atoms with Crippen molar-refractivity contribution >= 4 is 48.8 Å². The van der Waals surface area contributed by atoms with E-state index < -0.39 is 15.0 Å². The minimum atomic E-state index is -4.03. The van der Waals surface area contributed by atoms with E-state index >= 15 is 0 Å². The molecule has 0 radical (unpaired) electrons. The number of carbonyl (C=O) groups is 1. The van der Waals surface area contributed by atoms with Gasteiger partial charge in [-0.3, -0.25) is 4.79 Å². The molecule has 1 aromatic rings. The summed E-state index contributed by atoms with van der Waals surface area (Å²) in [6.45, 7) is 3.53. The van der Waals surface area contributed by atoms with Gasteiger partial charge in [0.15, 0.2) is 0 Å². The molecule has 1 amide bonds. The highest BCUT2D eigenvalue weighted by Gasteiger charge is 2.21. The van der Waals surface area contributed by atoms with Gasteiger partial charge in [0.2, 0.25) is 0 Å². The van der Waals surface area contributed by atoms with E-state index in [1.54, 1.807) is 13.8 Å². The minimum absolute atomic E-state index is 0.00833. The third kappa shape index (κ3) is 3.75. The van der Waals surface area contributed by atoms with Gasteiger partial charge in [0.05, 0.1) is 15.6 Å². The van der Waals surface area contributed by atoms with Crippen LogP contribution in [0.2, 0.25) is 10.0 Å². The summed E-state index contributed by atoms with van der Waals surface area (Å²) in [5.41, 5.74) is 0.00833. The van der Waals surface area contributed by atoms with Gasteiger partial charge < -0.3 is 5.32 Å². The lowest BCUT2D eigenvalue weighted by Gasteiger charge is -2.11. The summed E-state index contributed by atoms with van der Waals surface area (Å²) in [4.78, 5) is 11.4. The SMILES string of the molecule is CC(C)NC(=O)c1cc(S(=O)(=O)Cl)c(Cl)cc1Cl. The second-order valence-corrected chi connectivity index (χ2v) is 7.18. The van der Waals surface area contributed by atoms with Crippen molar-refractivity contribution < 1.29 is 13.2 Å². The van der Waals surface area contributed by atoms with Gasteiger partial charge in [0.25, 0.3) is 15.0 Å². The van der Waals surface area contributed by atoms with Crippen LogP contribution in [0.25, 0.3) is 0 Å². The van der Waals surface area contributed by atoms with E-state index in [4.69, 9.17) is 33.9 Å². The van der Waals surface area contributed by atoms with Crippen molar-refractivity contribution in [3.05, 3.63) is 27.7 Å². The fourth-order valence-corrected chi connectivity index (χ4v) is 3.06. The molecule has 0 aliphatic rings. The van der Waals surface area contributed by atoms with Gasteiger partial charge in [-0.2, -0.15) is 0 Å². The molecule has 18 heavy (non-hydrogen) atoms. The number of benzene rings is 1. The van der Waals surface area contributed by atoms with Crippen LogP contribution >= 0.6 is 33.9 Å². The van der Waals surface area contributed by atoms with Gasteiger partial charge >= 0.3 is 0 Å². The molecule has 0 unspecified atom stereocenters. The molecular formula is C10H10Cl3NO3S. The summed E-state index contributed by atoms with van der Waals surface area (Å²) in [7, 11) is 1.18. The number of hydrogen-bond donors (Lipinski definition) is 1. The van der Waals surface area contributed by atoms with Gasteiger partial charge in [-0.1, -0.05) is 23.2 Å². The Balaban J connectivity index is 3.34. The predicted octanol–water partition coefficient (Wildman–Crippen LogP) is 3.06. The molecule has 100 valence electrons. The highest BCUT2D eigenvalue weighted by atomic mass is 35.7. The Morgan fingerprint density at radius 2 is 1.78 bits per heavy atom. The number of halogens is 3. The van der Waals surface area contributed by atoms with Gasteiger partial charge in [-0.05, 0) is 26.0 Å². The Morgan fingerprint density at radius 1 is 1.22 bits per heavy atom. The fraction of sp³-hybridized carbons (Fsp3) is 0.300. The molecule has 0 spiro atoms. The van der Waals surface area contributed by atoms with Crippen LogP contribution in [0.3, 0.4) is 0 Å². The zero-order valence-electron chi connectivity index (χ0n) is 9.50. The van der Waals surface area contributed by atoms with Crippen molar-refractivity contribution in [2.24, 2.45) is 0 Å². The first kappa shape index (κ1) is 15.6. The van der Waals surface area contributed by atoms with Crippen molar-refractivity contribution in [3.8, 4) is 0 Å². The molecule has 0 saturated carbocycles. The van der Waals surface area contributed by atoms with E-state index in [1.165, 1.54) is 6.07 Å². The van der Waals surface area contributed by atoms with E-state index in [9.17, 15) is 13.2 Å². The molecule has 4 nitrogen and oxygen atoms in total. The molecule has 1 aromatic carbocycles. The Bertz CT molecular complexity index is 584. The number of carbonyl (C=O) groups excluding carboxylic acids is 1. The molecule has 0 fully saturated rings. The van der Waals surface area contributed by atoms with Crippen LogP contribution in [0.5, 0.6) is 0 Å². The summed E-state index contributed by atoms with van der Waals surface area (Å²) in [6, 6.07) is 2.12. The maximum absolute atomic E-state index is 11.8. The monoisotopic (exact) mass is 329 g/mol. The van der Waals surface area contributed by atoms with Gasteiger partial charge in [0, 0.05) is 16.7 Å². The molecule has 0 saturated heterocycles. The fourth-order valence-electron chi connectivity index (χ4n) is 1.23. The maximum atomic E-state index is 11.8. The molecular weight excluding hydrogens is 321 g/mol. The molecule has 1 rings (SSSR count). The van der Waals surface area contributed by atoms with E-state index in [-0.39, 0.29) is 26.5 Å². The normalized spacial score (nSPS) is 11.7. The zero-order chi connectivity index (χ0) is 14.1. The van der Waals surface area contributed by atoms with Crippen LogP contribution in [0.4, 0.5) is 0 Å². The van der Waals surface area contributed by atoms with Crippen molar-refractivity contribution in [1.82, 2.24) is 5.32 Å². The number of rotatable bonds is 3. The average molecular weight is 331 g/mol. The second kappa shape index (κ2) is 5.65. The van der Waals surface area contributed by atoms with Gasteiger partial charge in [-0.25, -0.2) is 8.42 Å². The molecule has 0 atom stereocenters. The van der Waals surface area contributed by atoms with Gasteiger partial charge in [-0.15, -0.1) is 0 Å². The van der Waals surface area contributed by atoms with Crippen molar-refractivity contribution in [2.75, 3.05) is 0 Å². The second-order valence-electron chi connectivity index (χ2n) is 3.83. The van der Waals surface area contributed by atoms with Gasteiger partial charge in [0.1, 0.15) is 4.90 Å². The smallest absolute Gasteiger partial charge is 0.262 e. The van der Waals surface area contributed by atoms with E-state index in [0.717, 1.165) is 6.07 Å². The Labute approximate surface area is 120 Å². The van der Waals surface area contributed by atoms with Crippen LogP contribution in [-0.2, 0) is 9.05 Å². The topological polar surface area (TPSA) is 63.2 Å². The van der Waals surface area contributed by atoms with E-state index in [1.807, 2.05) is 0 Å². The quantitative estimate of drug-likeness (QED) is 0.866. The lowest BCUT2D eigenvalue weighted by Crippen LogP contribution is -2.30. The summed E-state index contributed by atoms with van der Waals surface area (Å²) in [5.74, 6) is -0.492. The maximum Gasteiger partial charge on any atom is 0.262 e. The van der Waals surface area contributed by atoms with Crippen molar-refractivity contribution in [3.63, 3.8) is 0 Å². The van der Waals surface area contributed by atoms with E-state index in [0.29, 0.717) is 0 Å². The van der Waals surface area contributed by atoms with Crippen LogP contribution in [-0.4, -0.2) is 20.4 Å². The first-order chi connectivity index (χ1) is 8.12. The first-order valence-electron chi connectivity index (χ1n) is 4.87. The number of amides is 1. The van der Waals surface area contributed by atoms with E-state index in [2.05, 4.69) is 5.32 Å². The number of nitrogens with one attached hydrogen (secondary N) is 1. The highest BCUT2D eigenvalue weighted by Crippen LogP contribution is 2.30. The standard InChI is InChI=1S/C10H10Cl3NO3S/c1-5(2)14-10(15)6-3-9(18(13,16)17)8(12)4-7(6)11/h3-5H,1-2H3,(H,14,15). The lowest BCUT2D eigenvalue weighted by molar-refractivity contribution is 0.0943. The van der Waals surface area contributed by atoms with Crippen molar-refractivity contribution in [2.45, 2.75) is 24.8 Å². The van der Waals surface area contributed by atoms with Crippen molar-refractivity contribution in [1.29, 1.82) is 0 Å². The third-order valence-electron chi connectivity index (χ3n) is 1.95. The Hall–Kier alpha value is -0.490. The molecule has 0 aliphatic carbocycles. The molecule has 1 N–H and O–H groups in total. The largest absolute Gasteiger partial charge is 0.350 e. The lowest BCUT2D eigenvalue weighted by atomic mass is 10.2. The zero-order valence-corrected chi connectivity index (χ0v) is 12.6. The summed E-state index contributed by atoms with van der Waals surface area (Å²) < 4.78 is 22.5. The van der Waals surface area contributed by atoms with Crippen LogP contribution in [0.1, 0.15) is 24.2 Å². The van der Waals surface area contributed by atoms with Crippen LogP contribution in [0, 0.1) is 0 Å². The molecule has 0 bridgehead atoms. The summed E-state index contributed by atoms with van der Waals surface area (Å²) in [6.07, 6.45) is 0. The Kier molecular flexibility index (Phi) is 4.89. The highest BCUT2D eigenvalue weighted by molar-refractivity contribution is 8.13. The Morgan fingerprint density at radius 3 is 2.22 bits per heavy atom. The van der Waals surface area contributed by atoms with Crippen LogP contribution < -0.4 is 5.32 Å². The molecule has 0 heterocycles. The summed E-state index contributed by atoms with van der Waals surface area (Å²) >= 11 is 11.6. The predicted molar refractivity (Wildman–Crippen MR) is 72.1 cm³/mol. The molecule has 8 heteroatoms. The average Bonchev–Trinajstić information content (AvgIpc) is 2.13. The number of hydrogen-bond acceptors (Lipinski definition) is 3. The molecule has 0 aliphatic heterocycles. The molecule has 0 aromatic heterocycles. The minimum Gasteiger partial charge on any atom is -0.350 e. The first-order valence-corrected chi connectivity index (χ1v) is 7.94. The summed E-state index contributed by atoms with van der Waals surface area (Å²) in [5, 5.41) is 2.52. The van der Waals surface area contributed by atoms with Crippen LogP contribution in [0.15, 0.2) is 17.0 Å².